The number of hydrogen-bond acceptors (Lipinski definition) is 5. The molecule has 8 heteroatoms. The minimum absolute atomic E-state index is 0.221. The zero-order chi connectivity index (χ0) is 21.8. The van der Waals surface area contributed by atoms with E-state index in [-0.39, 0.29) is 12.5 Å². The maximum absolute atomic E-state index is 13.1. The molecule has 0 spiro atoms. The molecule has 162 valence electrons. The zero-order valence-electron chi connectivity index (χ0n) is 17.7. The number of primary amides is 1. The van der Waals surface area contributed by atoms with Gasteiger partial charge in [-0.3, -0.25) is 9.59 Å². The number of rotatable bonds is 7. The third-order valence-electron chi connectivity index (χ3n) is 5.83. The van der Waals surface area contributed by atoms with Gasteiger partial charge in [0.15, 0.2) is 5.65 Å². The van der Waals surface area contributed by atoms with E-state index in [0.717, 1.165) is 35.1 Å². The van der Waals surface area contributed by atoms with Crippen LogP contribution in [0.2, 0.25) is 0 Å². The van der Waals surface area contributed by atoms with Gasteiger partial charge in [-0.15, -0.1) is 0 Å². The predicted molar refractivity (Wildman–Crippen MR) is 120 cm³/mol. The fraction of sp³-hybridized carbons (Fsp3) is 0.391. The second-order valence-electron chi connectivity index (χ2n) is 7.97. The van der Waals surface area contributed by atoms with Crippen LogP contribution in [0.1, 0.15) is 65.3 Å². The Morgan fingerprint density at radius 3 is 2.74 bits per heavy atom. The van der Waals surface area contributed by atoms with E-state index >= 15 is 0 Å². The van der Waals surface area contributed by atoms with Gasteiger partial charge in [0.2, 0.25) is 5.91 Å². The first-order chi connectivity index (χ1) is 15.1. The minimum atomic E-state index is -0.491. The number of fused-ring (bicyclic) bond motifs is 1. The fourth-order valence-electron chi connectivity index (χ4n) is 4.15. The van der Waals surface area contributed by atoms with Crippen LogP contribution in [0.4, 0.5) is 5.69 Å². The first kappa shape index (κ1) is 20.8. The highest BCUT2D eigenvalue weighted by molar-refractivity contribution is 6.06. The monoisotopic (exact) mass is 420 g/mol. The Morgan fingerprint density at radius 2 is 2.00 bits per heavy atom. The summed E-state index contributed by atoms with van der Waals surface area (Å²) in [5.41, 5.74) is 8.64. The van der Waals surface area contributed by atoms with Crippen molar-refractivity contribution < 1.29 is 9.59 Å². The summed E-state index contributed by atoms with van der Waals surface area (Å²) >= 11 is 0. The summed E-state index contributed by atoms with van der Waals surface area (Å²) in [5, 5.41) is 11.8. The fourth-order valence-corrected chi connectivity index (χ4v) is 4.15. The lowest BCUT2D eigenvalue weighted by molar-refractivity contribution is 0.0950. The lowest BCUT2D eigenvalue weighted by Gasteiger charge is -2.25. The normalized spacial score (nSPS) is 14.5. The van der Waals surface area contributed by atoms with Gasteiger partial charge in [0, 0.05) is 30.9 Å². The molecule has 0 atom stereocenters. The number of carbonyl (C=O) groups is 2. The molecule has 4 N–H and O–H groups in total. The number of amides is 2. The molecule has 31 heavy (non-hydrogen) atoms. The highest BCUT2D eigenvalue weighted by atomic mass is 16.2. The first-order valence-corrected chi connectivity index (χ1v) is 10.8. The second kappa shape index (κ2) is 9.16. The predicted octanol–water partition coefficient (Wildman–Crippen LogP) is 3.22. The van der Waals surface area contributed by atoms with E-state index in [4.69, 9.17) is 5.73 Å². The summed E-state index contributed by atoms with van der Waals surface area (Å²) in [4.78, 5) is 29.0. The van der Waals surface area contributed by atoms with Crippen LogP contribution < -0.4 is 16.4 Å². The van der Waals surface area contributed by atoms with Gasteiger partial charge in [0.1, 0.15) is 0 Å². The number of aryl methyl sites for hydroxylation is 1. The van der Waals surface area contributed by atoms with Crippen molar-refractivity contribution >= 4 is 28.5 Å². The SMILES string of the molecule is CCn1ncc2c(NC3CCCCC3)c(C(=O)NCc3cccc(C(N)=O)c3)cnc21. The van der Waals surface area contributed by atoms with Crippen LogP contribution in [0, 0.1) is 0 Å². The molecule has 1 aliphatic carbocycles. The molecule has 0 aliphatic heterocycles. The molecule has 2 aromatic heterocycles. The molecule has 2 amide bonds. The van der Waals surface area contributed by atoms with Gasteiger partial charge < -0.3 is 16.4 Å². The molecular formula is C23H28N6O2. The van der Waals surface area contributed by atoms with Crippen LogP contribution in [-0.4, -0.2) is 32.6 Å². The Kier molecular flexibility index (Phi) is 6.16. The van der Waals surface area contributed by atoms with E-state index in [1.54, 1.807) is 30.6 Å². The van der Waals surface area contributed by atoms with Crippen LogP contribution in [0.25, 0.3) is 11.0 Å². The average Bonchev–Trinajstić information content (AvgIpc) is 3.22. The van der Waals surface area contributed by atoms with Gasteiger partial charge in [-0.05, 0) is 37.5 Å². The van der Waals surface area contributed by atoms with E-state index in [1.807, 2.05) is 17.7 Å². The van der Waals surface area contributed by atoms with Gasteiger partial charge in [-0.25, -0.2) is 9.67 Å². The molecule has 0 radical (unpaired) electrons. The molecule has 1 fully saturated rings. The minimum Gasteiger partial charge on any atom is -0.381 e. The number of nitrogens with two attached hydrogens (primary N) is 1. The van der Waals surface area contributed by atoms with Gasteiger partial charge in [-0.2, -0.15) is 5.10 Å². The number of aromatic nitrogens is 3. The number of nitrogens with one attached hydrogen (secondary N) is 2. The maximum atomic E-state index is 13.1. The van der Waals surface area contributed by atoms with E-state index in [0.29, 0.717) is 23.7 Å². The lowest BCUT2D eigenvalue weighted by Crippen LogP contribution is -2.27. The van der Waals surface area contributed by atoms with Crippen LogP contribution >= 0.6 is 0 Å². The Balaban J connectivity index is 1.60. The number of hydrogen-bond donors (Lipinski definition) is 3. The Bertz CT molecular complexity index is 1100. The Labute approximate surface area is 181 Å². The highest BCUT2D eigenvalue weighted by Crippen LogP contribution is 2.30. The van der Waals surface area contributed by atoms with Crippen LogP contribution in [0.5, 0.6) is 0 Å². The third-order valence-corrected chi connectivity index (χ3v) is 5.83. The number of anilines is 1. The molecule has 0 bridgehead atoms. The van der Waals surface area contributed by atoms with E-state index in [1.165, 1.54) is 19.3 Å². The van der Waals surface area contributed by atoms with Crippen molar-refractivity contribution in [3.05, 3.63) is 53.3 Å². The standard InChI is InChI=1S/C23H28N6O2/c1-2-29-22-18(14-27-29)20(28-17-9-4-3-5-10-17)19(13-25-22)23(31)26-12-15-7-6-8-16(11-15)21(24)30/h6-8,11,13-14,17H,2-5,9-10,12H2,1H3,(H2,24,30)(H,25,28)(H,26,31). The Hall–Kier alpha value is -3.42. The van der Waals surface area contributed by atoms with Crippen molar-refractivity contribution in [3.8, 4) is 0 Å². The molecule has 3 aromatic rings. The molecule has 1 aliphatic rings. The van der Waals surface area contributed by atoms with Crippen molar-refractivity contribution in [1.29, 1.82) is 0 Å². The molecule has 4 rings (SSSR count). The number of carbonyl (C=O) groups excluding carboxylic acids is 2. The van der Waals surface area contributed by atoms with Crippen molar-refractivity contribution in [2.45, 2.75) is 58.2 Å². The van der Waals surface area contributed by atoms with E-state index in [2.05, 4.69) is 20.7 Å². The summed E-state index contributed by atoms with van der Waals surface area (Å²) in [6.45, 7) is 3.01. The molecule has 2 heterocycles. The largest absolute Gasteiger partial charge is 0.381 e. The van der Waals surface area contributed by atoms with Crippen molar-refractivity contribution in [2.24, 2.45) is 5.73 Å². The molecule has 0 saturated heterocycles. The summed E-state index contributed by atoms with van der Waals surface area (Å²) in [6, 6.07) is 7.29. The van der Waals surface area contributed by atoms with Crippen LogP contribution in [0.3, 0.4) is 0 Å². The molecule has 8 nitrogen and oxygen atoms in total. The van der Waals surface area contributed by atoms with Gasteiger partial charge in [0.25, 0.3) is 5.91 Å². The number of pyridine rings is 1. The van der Waals surface area contributed by atoms with Gasteiger partial charge in [-0.1, -0.05) is 31.4 Å². The first-order valence-electron chi connectivity index (χ1n) is 10.8. The highest BCUT2D eigenvalue weighted by Gasteiger charge is 2.21. The summed E-state index contributed by atoms with van der Waals surface area (Å²) < 4.78 is 1.83. The molecule has 1 aromatic carbocycles. The summed E-state index contributed by atoms with van der Waals surface area (Å²) in [7, 11) is 0. The van der Waals surface area contributed by atoms with E-state index in [9.17, 15) is 9.59 Å². The van der Waals surface area contributed by atoms with Gasteiger partial charge in [0.05, 0.1) is 22.8 Å². The second-order valence-corrected chi connectivity index (χ2v) is 7.97. The van der Waals surface area contributed by atoms with Crippen LogP contribution in [0.15, 0.2) is 36.7 Å². The average molecular weight is 421 g/mol. The smallest absolute Gasteiger partial charge is 0.255 e. The molecular weight excluding hydrogens is 392 g/mol. The summed E-state index contributed by atoms with van der Waals surface area (Å²) in [5.74, 6) is -0.712. The topological polar surface area (TPSA) is 115 Å². The Morgan fingerprint density at radius 1 is 1.19 bits per heavy atom. The zero-order valence-corrected chi connectivity index (χ0v) is 17.7. The maximum Gasteiger partial charge on any atom is 0.255 e. The van der Waals surface area contributed by atoms with Gasteiger partial charge >= 0.3 is 0 Å². The quantitative estimate of drug-likeness (QED) is 0.543. The number of benzene rings is 1. The summed E-state index contributed by atoms with van der Waals surface area (Å²) in [6.07, 6.45) is 9.23. The van der Waals surface area contributed by atoms with Crippen molar-refractivity contribution in [1.82, 2.24) is 20.1 Å². The van der Waals surface area contributed by atoms with E-state index < -0.39 is 5.91 Å². The lowest BCUT2D eigenvalue weighted by atomic mass is 9.95. The third kappa shape index (κ3) is 4.52. The van der Waals surface area contributed by atoms with Crippen LogP contribution in [-0.2, 0) is 13.1 Å². The number of nitrogens with zero attached hydrogens (tertiary/aromatic N) is 3. The molecule has 1 saturated carbocycles. The molecule has 0 unspecified atom stereocenters. The van der Waals surface area contributed by atoms with Crippen molar-refractivity contribution in [3.63, 3.8) is 0 Å². The van der Waals surface area contributed by atoms with Crippen molar-refractivity contribution in [2.75, 3.05) is 5.32 Å².